The molecule has 2 nitrogen and oxygen atoms in total. The summed E-state index contributed by atoms with van der Waals surface area (Å²) in [5, 5.41) is 3.65. The third kappa shape index (κ3) is 6.42. The first-order valence-corrected chi connectivity index (χ1v) is 7.00. The fourth-order valence-electron chi connectivity index (χ4n) is 2.02. The summed E-state index contributed by atoms with van der Waals surface area (Å²) in [6.45, 7) is 5.62. The SMILES string of the molecule is CCCCC(CCc1ccccn1)NCCC. The highest BCUT2D eigenvalue weighted by Gasteiger charge is 2.07. The standard InChI is InChI=1S/C15H26N2/c1-3-5-8-14(16-12-4-2)10-11-15-9-6-7-13-17-15/h6-7,9,13-14,16H,3-5,8,10-12H2,1-2H3. The van der Waals surface area contributed by atoms with E-state index in [2.05, 4.69) is 36.3 Å². The normalized spacial score (nSPS) is 12.6. The minimum Gasteiger partial charge on any atom is -0.314 e. The maximum Gasteiger partial charge on any atom is 0.0404 e. The Balaban J connectivity index is 2.31. The molecule has 1 N–H and O–H groups in total. The molecule has 0 aromatic carbocycles. The smallest absolute Gasteiger partial charge is 0.0404 e. The van der Waals surface area contributed by atoms with Crippen LogP contribution in [0.2, 0.25) is 0 Å². The summed E-state index contributed by atoms with van der Waals surface area (Å²) >= 11 is 0. The van der Waals surface area contributed by atoms with Gasteiger partial charge in [-0.3, -0.25) is 4.98 Å². The molecule has 1 rings (SSSR count). The fraction of sp³-hybridized carbons (Fsp3) is 0.667. The Bertz CT molecular complexity index is 264. The molecular formula is C15H26N2. The maximum absolute atomic E-state index is 4.38. The van der Waals surface area contributed by atoms with Crippen LogP contribution in [0.3, 0.4) is 0 Å². The first-order chi connectivity index (χ1) is 8.36. The van der Waals surface area contributed by atoms with Gasteiger partial charge >= 0.3 is 0 Å². The van der Waals surface area contributed by atoms with Gasteiger partial charge in [0, 0.05) is 17.9 Å². The van der Waals surface area contributed by atoms with E-state index in [0.29, 0.717) is 6.04 Å². The molecule has 0 aliphatic rings. The molecular weight excluding hydrogens is 208 g/mol. The topological polar surface area (TPSA) is 24.9 Å². The maximum atomic E-state index is 4.38. The zero-order valence-electron chi connectivity index (χ0n) is 11.3. The Kier molecular flexibility index (Phi) is 7.65. The van der Waals surface area contributed by atoms with Crippen molar-refractivity contribution in [1.82, 2.24) is 10.3 Å². The number of hydrogen-bond donors (Lipinski definition) is 1. The van der Waals surface area contributed by atoms with Crippen molar-refractivity contribution in [2.24, 2.45) is 0 Å². The van der Waals surface area contributed by atoms with Crippen molar-refractivity contribution in [2.45, 2.75) is 58.4 Å². The van der Waals surface area contributed by atoms with Crippen LogP contribution in [0.1, 0.15) is 51.6 Å². The molecule has 17 heavy (non-hydrogen) atoms. The molecule has 0 saturated carbocycles. The van der Waals surface area contributed by atoms with E-state index in [1.807, 2.05) is 12.3 Å². The summed E-state index contributed by atoms with van der Waals surface area (Å²) in [5.74, 6) is 0. The van der Waals surface area contributed by atoms with Gasteiger partial charge in [-0.1, -0.05) is 32.8 Å². The Labute approximate surface area is 106 Å². The Morgan fingerprint density at radius 2 is 2.06 bits per heavy atom. The molecule has 0 bridgehead atoms. The molecule has 1 aromatic rings. The number of nitrogens with zero attached hydrogens (tertiary/aromatic N) is 1. The number of pyridine rings is 1. The predicted molar refractivity (Wildman–Crippen MR) is 74.2 cm³/mol. The van der Waals surface area contributed by atoms with Crippen LogP contribution in [0.15, 0.2) is 24.4 Å². The van der Waals surface area contributed by atoms with Crippen LogP contribution in [-0.4, -0.2) is 17.6 Å². The van der Waals surface area contributed by atoms with Crippen molar-refractivity contribution < 1.29 is 0 Å². The lowest BCUT2D eigenvalue weighted by Gasteiger charge is -2.17. The third-order valence-electron chi connectivity index (χ3n) is 3.06. The van der Waals surface area contributed by atoms with Crippen molar-refractivity contribution in [3.63, 3.8) is 0 Å². The predicted octanol–water partition coefficient (Wildman–Crippen LogP) is 3.57. The van der Waals surface area contributed by atoms with E-state index in [0.717, 1.165) is 13.0 Å². The van der Waals surface area contributed by atoms with Crippen LogP contribution in [0.4, 0.5) is 0 Å². The van der Waals surface area contributed by atoms with Crippen molar-refractivity contribution in [3.8, 4) is 0 Å². The van der Waals surface area contributed by atoms with Gasteiger partial charge in [0.1, 0.15) is 0 Å². The molecule has 1 heterocycles. The first-order valence-electron chi connectivity index (χ1n) is 7.00. The number of aromatic nitrogens is 1. The molecule has 0 spiro atoms. The summed E-state index contributed by atoms with van der Waals surface area (Å²) in [6.07, 6.45) is 9.30. The minimum absolute atomic E-state index is 0.664. The van der Waals surface area contributed by atoms with Gasteiger partial charge in [-0.05, 0) is 44.4 Å². The Morgan fingerprint density at radius 1 is 1.18 bits per heavy atom. The lowest BCUT2D eigenvalue weighted by atomic mass is 10.0. The quantitative estimate of drug-likeness (QED) is 0.706. The van der Waals surface area contributed by atoms with Crippen LogP contribution in [0.25, 0.3) is 0 Å². The van der Waals surface area contributed by atoms with Gasteiger partial charge in [-0.15, -0.1) is 0 Å². The summed E-state index contributed by atoms with van der Waals surface area (Å²) in [5.41, 5.74) is 1.22. The second-order valence-corrected chi connectivity index (χ2v) is 4.65. The fourth-order valence-corrected chi connectivity index (χ4v) is 2.02. The van der Waals surface area contributed by atoms with Gasteiger partial charge in [0.25, 0.3) is 0 Å². The molecule has 96 valence electrons. The first kappa shape index (κ1) is 14.2. The van der Waals surface area contributed by atoms with Crippen molar-refractivity contribution in [3.05, 3.63) is 30.1 Å². The number of hydrogen-bond acceptors (Lipinski definition) is 2. The zero-order chi connectivity index (χ0) is 12.3. The van der Waals surface area contributed by atoms with Gasteiger partial charge in [-0.2, -0.15) is 0 Å². The molecule has 0 aliphatic heterocycles. The van der Waals surface area contributed by atoms with Gasteiger partial charge in [0.15, 0.2) is 0 Å². The Hall–Kier alpha value is -0.890. The summed E-state index contributed by atoms with van der Waals surface area (Å²) in [7, 11) is 0. The van der Waals surface area contributed by atoms with E-state index in [4.69, 9.17) is 0 Å². The summed E-state index contributed by atoms with van der Waals surface area (Å²) in [6, 6.07) is 6.84. The van der Waals surface area contributed by atoms with E-state index < -0.39 is 0 Å². The monoisotopic (exact) mass is 234 g/mol. The van der Waals surface area contributed by atoms with Crippen LogP contribution in [0, 0.1) is 0 Å². The van der Waals surface area contributed by atoms with Gasteiger partial charge < -0.3 is 5.32 Å². The molecule has 0 radical (unpaired) electrons. The Morgan fingerprint density at radius 3 is 2.71 bits per heavy atom. The molecule has 1 aromatic heterocycles. The van der Waals surface area contributed by atoms with E-state index in [-0.39, 0.29) is 0 Å². The van der Waals surface area contributed by atoms with Crippen LogP contribution >= 0.6 is 0 Å². The average Bonchev–Trinajstić information content (AvgIpc) is 2.39. The molecule has 0 amide bonds. The zero-order valence-corrected chi connectivity index (χ0v) is 11.3. The molecule has 0 fully saturated rings. The highest BCUT2D eigenvalue weighted by Crippen LogP contribution is 2.08. The number of rotatable bonds is 9. The number of unbranched alkanes of at least 4 members (excludes halogenated alkanes) is 1. The summed E-state index contributed by atoms with van der Waals surface area (Å²) < 4.78 is 0. The molecule has 1 unspecified atom stereocenters. The van der Waals surface area contributed by atoms with Crippen LogP contribution in [0.5, 0.6) is 0 Å². The number of aryl methyl sites for hydroxylation is 1. The molecule has 0 saturated heterocycles. The van der Waals surface area contributed by atoms with Crippen molar-refractivity contribution in [2.75, 3.05) is 6.54 Å². The van der Waals surface area contributed by atoms with Gasteiger partial charge in [0.2, 0.25) is 0 Å². The van der Waals surface area contributed by atoms with E-state index >= 15 is 0 Å². The van der Waals surface area contributed by atoms with Gasteiger partial charge in [-0.25, -0.2) is 0 Å². The van der Waals surface area contributed by atoms with E-state index in [9.17, 15) is 0 Å². The molecule has 1 atom stereocenters. The highest BCUT2D eigenvalue weighted by atomic mass is 14.9. The average molecular weight is 234 g/mol. The highest BCUT2D eigenvalue weighted by molar-refractivity contribution is 5.03. The van der Waals surface area contributed by atoms with E-state index in [1.165, 1.54) is 37.8 Å². The van der Waals surface area contributed by atoms with Crippen LogP contribution in [-0.2, 0) is 6.42 Å². The second-order valence-electron chi connectivity index (χ2n) is 4.65. The summed E-state index contributed by atoms with van der Waals surface area (Å²) in [4.78, 5) is 4.38. The van der Waals surface area contributed by atoms with Crippen molar-refractivity contribution >= 4 is 0 Å². The van der Waals surface area contributed by atoms with Crippen molar-refractivity contribution in [1.29, 1.82) is 0 Å². The molecule has 0 aliphatic carbocycles. The molecule has 2 heteroatoms. The van der Waals surface area contributed by atoms with E-state index in [1.54, 1.807) is 0 Å². The lowest BCUT2D eigenvalue weighted by molar-refractivity contribution is 0.438. The van der Waals surface area contributed by atoms with Crippen LogP contribution < -0.4 is 5.32 Å². The lowest BCUT2D eigenvalue weighted by Crippen LogP contribution is -2.30. The second kappa shape index (κ2) is 9.17. The largest absolute Gasteiger partial charge is 0.314 e. The minimum atomic E-state index is 0.664. The van der Waals surface area contributed by atoms with Gasteiger partial charge in [0.05, 0.1) is 0 Å². The third-order valence-corrected chi connectivity index (χ3v) is 3.06. The number of nitrogens with one attached hydrogen (secondary N) is 1.